The molecule has 1 saturated carbocycles. The molecule has 0 unspecified atom stereocenters. The first-order chi connectivity index (χ1) is 12.7. The molecule has 2 amide bonds. The molecule has 1 aromatic heterocycles. The minimum Gasteiger partial charge on any atom is -0.486 e. The van der Waals surface area contributed by atoms with Crippen molar-refractivity contribution in [3.63, 3.8) is 0 Å². The number of hydrogen-bond acceptors (Lipinski definition) is 4. The summed E-state index contributed by atoms with van der Waals surface area (Å²) in [6.07, 6.45) is 6.38. The molecule has 7 heteroatoms. The van der Waals surface area contributed by atoms with Gasteiger partial charge in [-0.15, -0.1) is 0 Å². The Morgan fingerprint density at radius 2 is 2.08 bits per heavy atom. The van der Waals surface area contributed by atoms with Crippen molar-refractivity contribution in [1.29, 1.82) is 0 Å². The molecular weight excluding hydrogens is 332 g/mol. The predicted molar refractivity (Wildman–Crippen MR) is 98.0 cm³/mol. The van der Waals surface area contributed by atoms with Crippen LogP contribution in [0.3, 0.4) is 0 Å². The quantitative estimate of drug-likeness (QED) is 0.863. The third-order valence-corrected chi connectivity index (χ3v) is 4.93. The van der Waals surface area contributed by atoms with E-state index in [4.69, 9.17) is 9.47 Å². The number of amides is 2. The third kappa shape index (κ3) is 3.47. The van der Waals surface area contributed by atoms with Crippen LogP contribution in [0.15, 0.2) is 24.4 Å². The van der Waals surface area contributed by atoms with Gasteiger partial charge in [0.2, 0.25) is 0 Å². The Morgan fingerprint density at radius 3 is 2.85 bits per heavy atom. The highest BCUT2D eigenvalue weighted by Gasteiger charge is 2.23. The van der Waals surface area contributed by atoms with Crippen LogP contribution in [0.1, 0.15) is 36.8 Å². The van der Waals surface area contributed by atoms with Gasteiger partial charge >= 0.3 is 6.03 Å². The number of fused-ring (bicyclic) bond motifs is 1. The summed E-state index contributed by atoms with van der Waals surface area (Å²) in [5.74, 6) is 2.42. The van der Waals surface area contributed by atoms with Crippen molar-refractivity contribution in [2.75, 3.05) is 25.1 Å². The number of benzene rings is 1. The van der Waals surface area contributed by atoms with E-state index in [0.717, 1.165) is 12.2 Å². The zero-order chi connectivity index (χ0) is 17.9. The summed E-state index contributed by atoms with van der Waals surface area (Å²) >= 11 is 0. The highest BCUT2D eigenvalue weighted by Crippen LogP contribution is 2.34. The van der Waals surface area contributed by atoms with E-state index in [-0.39, 0.29) is 6.03 Å². The van der Waals surface area contributed by atoms with Crippen molar-refractivity contribution in [2.24, 2.45) is 0 Å². The fourth-order valence-corrected chi connectivity index (χ4v) is 3.41. The number of urea groups is 1. The number of aryl methyl sites for hydroxylation is 1. The number of imidazole rings is 1. The van der Waals surface area contributed by atoms with Crippen molar-refractivity contribution in [1.82, 2.24) is 14.9 Å². The number of aromatic nitrogens is 2. The van der Waals surface area contributed by atoms with Crippen LogP contribution in [0.4, 0.5) is 10.5 Å². The Labute approximate surface area is 152 Å². The van der Waals surface area contributed by atoms with Crippen molar-refractivity contribution in [2.45, 2.75) is 38.6 Å². The van der Waals surface area contributed by atoms with Crippen molar-refractivity contribution in [3.05, 3.63) is 35.9 Å². The Morgan fingerprint density at radius 1 is 1.27 bits per heavy atom. The largest absolute Gasteiger partial charge is 0.486 e. The number of anilines is 1. The molecule has 0 bridgehead atoms. The number of hydrogen-bond donors (Lipinski definition) is 2. The molecule has 138 valence electrons. The molecule has 2 N–H and O–H groups in total. The summed E-state index contributed by atoms with van der Waals surface area (Å²) in [6, 6.07) is 5.74. The molecule has 0 atom stereocenters. The number of ether oxygens (including phenoxy) is 2. The van der Waals surface area contributed by atoms with Gasteiger partial charge in [0.1, 0.15) is 19.0 Å². The summed E-state index contributed by atoms with van der Waals surface area (Å²) in [4.78, 5) is 16.6. The second-order valence-electron chi connectivity index (χ2n) is 6.76. The number of nitrogens with zero attached hydrogens (tertiary/aromatic N) is 2. The third-order valence-electron chi connectivity index (χ3n) is 4.93. The van der Waals surface area contributed by atoms with Crippen LogP contribution in [0, 0.1) is 6.92 Å². The molecule has 2 aromatic rings. The maximum atomic E-state index is 12.1. The van der Waals surface area contributed by atoms with Crippen LogP contribution in [0.25, 0.3) is 0 Å². The predicted octanol–water partition coefficient (Wildman–Crippen LogP) is 3.05. The summed E-state index contributed by atoms with van der Waals surface area (Å²) in [5.41, 5.74) is 1.88. The number of nitrogens with one attached hydrogen (secondary N) is 2. The first-order valence-corrected chi connectivity index (χ1v) is 9.18. The lowest BCUT2D eigenvalue weighted by atomic mass is 9.92. The maximum absolute atomic E-state index is 12.1. The van der Waals surface area contributed by atoms with E-state index in [9.17, 15) is 4.79 Å². The Balaban J connectivity index is 1.29. The monoisotopic (exact) mass is 356 g/mol. The summed E-state index contributed by atoms with van der Waals surface area (Å²) in [6.45, 7) is 3.71. The average Bonchev–Trinajstić information content (AvgIpc) is 2.94. The van der Waals surface area contributed by atoms with Gasteiger partial charge in [0.15, 0.2) is 11.5 Å². The van der Waals surface area contributed by atoms with Crippen LogP contribution in [0.2, 0.25) is 0 Å². The second-order valence-corrected chi connectivity index (χ2v) is 6.76. The number of rotatable bonds is 5. The van der Waals surface area contributed by atoms with Gasteiger partial charge in [0, 0.05) is 42.7 Å². The van der Waals surface area contributed by atoms with Crippen molar-refractivity contribution >= 4 is 11.7 Å². The molecule has 7 nitrogen and oxygen atoms in total. The topological polar surface area (TPSA) is 77.4 Å². The lowest BCUT2D eigenvalue weighted by Gasteiger charge is -2.29. The van der Waals surface area contributed by atoms with E-state index >= 15 is 0 Å². The van der Waals surface area contributed by atoms with Crippen LogP contribution in [-0.4, -0.2) is 35.3 Å². The molecule has 1 aliphatic carbocycles. The maximum Gasteiger partial charge on any atom is 0.319 e. The smallest absolute Gasteiger partial charge is 0.319 e. The molecule has 1 fully saturated rings. The van der Waals surface area contributed by atoms with Crippen LogP contribution >= 0.6 is 0 Å². The summed E-state index contributed by atoms with van der Waals surface area (Å²) in [7, 11) is 0. The first-order valence-electron chi connectivity index (χ1n) is 9.18. The Hall–Kier alpha value is -2.70. The van der Waals surface area contributed by atoms with Crippen LogP contribution < -0.4 is 20.1 Å². The number of carbonyl (C=O) groups excluding carboxylic acids is 1. The van der Waals surface area contributed by atoms with E-state index in [1.807, 2.05) is 12.3 Å². The standard InChI is InChI=1S/C19H24N4O3/c1-13-12-21-18(23(13)15-3-2-4-15)7-8-20-19(24)22-14-5-6-16-17(11-14)26-10-9-25-16/h5-6,11-12,15H,2-4,7-10H2,1H3,(H2,20,22,24). The molecular formula is C19H24N4O3. The van der Waals surface area contributed by atoms with Crippen molar-refractivity contribution in [3.8, 4) is 11.5 Å². The minimum absolute atomic E-state index is 0.236. The van der Waals surface area contributed by atoms with Gasteiger partial charge in [0.05, 0.1) is 0 Å². The molecule has 4 rings (SSSR count). The summed E-state index contributed by atoms with van der Waals surface area (Å²) in [5, 5.41) is 5.73. The molecule has 0 saturated heterocycles. The van der Waals surface area contributed by atoms with Gasteiger partial charge in [0.25, 0.3) is 0 Å². The number of carbonyl (C=O) groups is 1. The normalized spacial score (nSPS) is 16.0. The molecule has 2 heterocycles. The van der Waals surface area contributed by atoms with E-state index in [1.165, 1.54) is 25.0 Å². The van der Waals surface area contributed by atoms with E-state index < -0.39 is 0 Å². The van der Waals surface area contributed by atoms with Gasteiger partial charge in [-0.1, -0.05) is 0 Å². The lowest BCUT2D eigenvalue weighted by Crippen LogP contribution is -2.31. The fraction of sp³-hybridized carbons (Fsp3) is 0.474. The SMILES string of the molecule is Cc1cnc(CCNC(=O)Nc2ccc3c(c2)OCCO3)n1C1CCC1. The fourth-order valence-electron chi connectivity index (χ4n) is 3.41. The van der Waals surface area contributed by atoms with Gasteiger partial charge in [-0.2, -0.15) is 0 Å². The average molecular weight is 356 g/mol. The molecule has 1 aliphatic heterocycles. The molecule has 0 radical (unpaired) electrons. The molecule has 1 aromatic carbocycles. The Kier molecular flexibility index (Phi) is 4.69. The van der Waals surface area contributed by atoms with Crippen molar-refractivity contribution < 1.29 is 14.3 Å². The van der Waals surface area contributed by atoms with Gasteiger partial charge in [-0.05, 0) is 38.3 Å². The van der Waals surface area contributed by atoms with E-state index in [1.54, 1.807) is 12.1 Å². The molecule has 0 spiro atoms. The first kappa shape index (κ1) is 16.8. The van der Waals surface area contributed by atoms with Crippen LogP contribution in [0.5, 0.6) is 11.5 Å². The van der Waals surface area contributed by atoms with Gasteiger partial charge in [-0.3, -0.25) is 0 Å². The summed E-state index contributed by atoms with van der Waals surface area (Å²) < 4.78 is 13.3. The van der Waals surface area contributed by atoms with Gasteiger partial charge in [-0.25, -0.2) is 9.78 Å². The highest BCUT2D eigenvalue weighted by atomic mass is 16.6. The van der Waals surface area contributed by atoms with E-state index in [2.05, 4.69) is 27.1 Å². The molecule has 2 aliphatic rings. The zero-order valence-electron chi connectivity index (χ0n) is 15.0. The zero-order valence-corrected chi connectivity index (χ0v) is 15.0. The molecule has 26 heavy (non-hydrogen) atoms. The van der Waals surface area contributed by atoms with E-state index in [0.29, 0.717) is 43.0 Å². The van der Waals surface area contributed by atoms with Gasteiger partial charge < -0.3 is 24.7 Å². The van der Waals surface area contributed by atoms with Crippen LogP contribution in [-0.2, 0) is 6.42 Å². The lowest BCUT2D eigenvalue weighted by molar-refractivity contribution is 0.171. The second kappa shape index (κ2) is 7.27. The Bertz CT molecular complexity index is 798. The minimum atomic E-state index is -0.236. The highest BCUT2D eigenvalue weighted by molar-refractivity contribution is 5.89.